The molecule has 2 aliphatic heterocycles. The first-order valence-corrected chi connectivity index (χ1v) is 10.2. The molecule has 2 fully saturated rings. The standard InChI is InChI=1S/C18H18Cl2N2O6S/c1-8(23)18(15(27)22-13(14(25)26)17(2,3)29-16(18)22)21-12(24)7-28-9-4-5-10(19)11(20)6-9/h4-6,13,16H,7H2,1-3H3,(H,21,24)(H,25,26)/t13-,16+,18?/m0/s1. The second kappa shape index (κ2) is 7.37. The highest BCUT2D eigenvalue weighted by Crippen LogP contribution is 2.55. The Kier molecular flexibility index (Phi) is 5.53. The number of ether oxygens (including phenoxy) is 1. The van der Waals surface area contributed by atoms with Crippen LogP contribution in [0, 0.1) is 0 Å². The number of nitrogens with zero attached hydrogens (tertiary/aromatic N) is 1. The van der Waals surface area contributed by atoms with Crippen LogP contribution in [0.25, 0.3) is 0 Å². The SMILES string of the molecule is CC(=O)C1(NC(=O)COc2ccc(Cl)c(Cl)c2)C(=O)N2[C@@H](C(=O)O)C(C)(C)S[C@@H]21. The number of carboxylic acids is 1. The Morgan fingerprint density at radius 1 is 1.28 bits per heavy atom. The fourth-order valence-electron chi connectivity index (χ4n) is 3.56. The van der Waals surface area contributed by atoms with Crippen molar-refractivity contribution >= 4 is 58.5 Å². The quantitative estimate of drug-likeness (QED) is 0.492. The number of hydrogen-bond donors (Lipinski definition) is 2. The number of β-lactam (4-membered cyclic amide) rings is 1. The largest absolute Gasteiger partial charge is 0.484 e. The van der Waals surface area contributed by atoms with E-state index in [0.717, 1.165) is 4.90 Å². The lowest BCUT2D eigenvalue weighted by molar-refractivity contribution is -0.172. The van der Waals surface area contributed by atoms with Crippen molar-refractivity contribution in [3.8, 4) is 5.75 Å². The molecule has 0 aliphatic carbocycles. The number of rotatable bonds is 6. The Morgan fingerprint density at radius 3 is 2.48 bits per heavy atom. The van der Waals surface area contributed by atoms with E-state index in [-0.39, 0.29) is 10.8 Å². The maximum atomic E-state index is 12.8. The van der Waals surface area contributed by atoms with E-state index in [1.807, 2.05) is 0 Å². The second-order valence-corrected chi connectivity index (χ2v) is 9.85. The summed E-state index contributed by atoms with van der Waals surface area (Å²) in [5, 5.41) is 11.7. The number of amides is 2. The van der Waals surface area contributed by atoms with Gasteiger partial charge < -0.3 is 20.1 Å². The normalized spacial score (nSPS) is 27.1. The molecule has 2 N–H and O–H groups in total. The fourth-order valence-corrected chi connectivity index (χ4v) is 5.60. The molecule has 3 rings (SSSR count). The third kappa shape index (κ3) is 3.45. The Bertz CT molecular complexity index is 924. The van der Waals surface area contributed by atoms with Crippen LogP contribution >= 0.6 is 35.0 Å². The van der Waals surface area contributed by atoms with E-state index >= 15 is 0 Å². The molecule has 2 heterocycles. The van der Waals surface area contributed by atoms with E-state index < -0.39 is 51.9 Å². The molecule has 2 amide bonds. The Balaban J connectivity index is 1.76. The van der Waals surface area contributed by atoms with Crippen molar-refractivity contribution < 1.29 is 29.0 Å². The van der Waals surface area contributed by atoms with Crippen LogP contribution < -0.4 is 10.1 Å². The zero-order valence-electron chi connectivity index (χ0n) is 15.7. The molecule has 0 saturated carbocycles. The molecule has 2 saturated heterocycles. The summed E-state index contributed by atoms with van der Waals surface area (Å²) in [4.78, 5) is 50.5. The van der Waals surface area contributed by atoms with Gasteiger partial charge in [0.15, 0.2) is 12.4 Å². The predicted molar refractivity (Wildman–Crippen MR) is 107 cm³/mol. The van der Waals surface area contributed by atoms with Crippen LogP contribution in [0.3, 0.4) is 0 Å². The van der Waals surface area contributed by atoms with Crippen LogP contribution in [0.5, 0.6) is 5.75 Å². The molecule has 156 valence electrons. The summed E-state index contributed by atoms with van der Waals surface area (Å²) >= 11 is 12.9. The molecule has 8 nitrogen and oxygen atoms in total. The van der Waals surface area contributed by atoms with Gasteiger partial charge in [0.2, 0.25) is 5.54 Å². The van der Waals surface area contributed by atoms with Gasteiger partial charge in [-0.3, -0.25) is 14.4 Å². The van der Waals surface area contributed by atoms with Crippen molar-refractivity contribution in [1.82, 2.24) is 10.2 Å². The first kappa shape index (κ1) is 21.7. The van der Waals surface area contributed by atoms with E-state index in [2.05, 4.69) is 5.32 Å². The third-order valence-electron chi connectivity index (χ3n) is 4.93. The summed E-state index contributed by atoms with van der Waals surface area (Å²) < 4.78 is 4.52. The predicted octanol–water partition coefficient (Wildman–Crippen LogP) is 1.96. The van der Waals surface area contributed by atoms with Crippen molar-refractivity contribution in [3.05, 3.63) is 28.2 Å². The van der Waals surface area contributed by atoms with Gasteiger partial charge in [0.25, 0.3) is 11.8 Å². The topological polar surface area (TPSA) is 113 Å². The minimum Gasteiger partial charge on any atom is -0.484 e. The van der Waals surface area contributed by atoms with Crippen LogP contribution in [0.4, 0.5) is 0 Å². The Morgan fingerprint density at radius 2 is 1.93 bits per heavy atom. The minimum absolute atomic E-state index is 0.249. The molecule has 2 aliphatic rings. The summed E-state index contributed by atoms with van der Waals surface area (Å²) in [5.41, 5.74) is -1.82. The smallest absolute Gasteiger partial charge is 0.327 e. The van der Waals surface area contributed by atoms with Gasteiger partial charge in [-0.1, -0.05) is 23.2 Å². The maximum Gasteiger partial charge on any atom is 0.327 e. The third-order valence-corrected chi connectivity index (χ3v) is 7.31. The summed E-state index contributed by atoms with van der Waals surface area (Å²) in [6.45, 7) is 4.09. The van der Waals surface area contributed by atoms with Crippen LogP contribution in [-0.2, 0) is 19.2 Å². The van der Waals surface area contributed by atoms with Crippen molar-refractivity contribution in [3.63, 3.8) is 0 Å². The lowest BCUT2D eigenvalue weighted by Crippen LogP contribution is -2.82. The highest BCUT2D eigenvalue weighted by molar-refractivity contribution is 8.01. The molecule has 29 heavy (non-hydrogen) atoms. The summed E-state index contributed by atoms with van der Waals surface area (Å²) in [6.07, 6.45) is 0. The first-order valence-electron chi connectivity index (χ1n) is 8.55. The van der Waals surface area contributed by atoms with Crippen molar-refractivity contribution in [1.29, 1.82) is 0 Å². The fraction of sp³-hybridized carbons (Fsp3) is 0.444. The number of nitrogens with one attached hydrogen (secondary N) is 1. The van der Waals surface area contributed by atoms with Gasteiger partial charge in [-0.15, -0.1) is 11.8 Å². The Labute approximate surface area is 180 Å². The number of ketones is 1. The van der Waals surface area contributed by atoms with Crippen LogP contribution in [-0.4, -0.2) is 61.9 Å². The summed E-state index contributed by atoms with van der Waals surface area (Å²) in [7, 11) is 0. The van der Waals surface area contributed by atoms with Crippen molar-refractivity contribution in [2.75, 3.05) is 6.61 Å². The monoisotopic (exact) mass is 460 g/mol. The van der Waals surface area contributed by atoms with Crippen molar-refractivity contribution in [2.24, 2.45) is 0 Å². The first-order chi connectivity index (χ1) is 13.4. The number of hydrogen-bond acceptors (Lipinski definition) is 6. The average Bonchev–Trinajstić information content (AvgIpc) is 2.89. The van der Waals surface area contributed by atoms with Crippen molar-refractivity contribution in [2.45, 2.75) is 42.5 Å². The molecule has 1 aromatic rings. The molecular formula is C18H18Cl2N2O6S. The molecular weight excluding hydrogens is 443 g/mol. The molecule has 11 heteroatoms. The van der Waals surface area contributed by atoms with Gasteiger partial charge in [-0.05, 0) is 32.9 Å². The number of carboxylic acid groups (broad SMARTS) is 1. The van der Waals surface area contributed by atoms with E-state index in [4.69, 9.17) is 27.9 Å². The maximum absolute atomic E-state index is 12.8. The van der Waals surface area contributed by atoms with Gasteiger partial charge in [-0.25, -0.2) is 4.79 Å². The van der Waals surface area contributed by atoms with E-state index in [9.17, 15) is 24.3 Å². The van der Waals surface area contributed by atoms with Crippen LogP contribution in [0.15, 0.2) is 18.2 Å². The van der Waals surface area contributed by atoms with Crippen LogP contribution in [0.2, 0.25) is 10.0 Å². The second-order valence-electron chi connectivity index (χ2n) is 7.30. The average molecular weight is 461 g/mol. The van der Waals surface area contributed by atoms with Gasteiger partial charge >= 0.3 is 5.97 Å². The van der Waals surface area contributed by atoms with E-state index in [1.165, 1.54) is 36.9 Å². The van der Waals surface area contributed by atoms with Gasteiger partial charge in [0, 0.05) is 10.8 Å². The summed E-state index contributed by atoms with van der Waals surface area (Å²) in [5.74, 6) is -2.87. The molecule has 1 unspecified atom stereocenters. The number of fused-ring (bicyclic) bond motifs is 1. The molecule has 0 radical (unpaired) electrons. The minimum atomic E-state index is -1.82. The zero-order chi connectivity index (χ0) is 21.7. The number of benzene rings is 1. The highest BCUT2D eigenvalue weighted by atomic mass is 35.5. The van der Waals surface area contributed by atoms with Crippen LogP contribution in [0.1, 0.15) is 20.8 Å². The summed E-state index contributed by atoms with van der Waals surface area (Å²) in [6, 6.07) is 3.36. The molecule has 3 atom stereocenters. The number of thioether (sulfide) groups is 1. The number of halogens is 2. The van der Waals surface area contributed by atoms with E-state index in [0.29, 0.717) is 5.02 Å². The molecule has 0 spiro atoms. The number of carbonyl (C=O) groups excluding carboxylic acids is 3. The number of carbonyl (C=O) groups is 4. The molecule has 1 aromatic carbocycles. The number of aliphatic carboxylic acids is 1. The molecule has 0 bridgehead atoms. The lowest BCUT2D eigenvalue weighted by Gasteiger charge is -2.51. The zero-order valence-corrected chi connectivity index (χ0v) is 18.0. The number of Topliss-reactive ketones (excluding diaryl/α,β-unsaturated/α-hetero) is 1. The van der Waals surface area contributed by atoms with Gasteiger partial charge in [-0.2, -0.15) is 0 Å². The lowest BCUT2D eigenvalue weighted by atomic mass is 9.81. The highest BCUT2D eigenvalue weighted by Gasteiger charge is 2.74. The van der Waals surface area contributed by atoms with E-state index in [1.54, 1.807) is 13.8 Å². The Hall–Kier alpha value is -1.97. The van der Waals surface area contributed by atoms with Gasteiger partial charge in [0.05, 0.1) is 10.0 Å². The van der Waals surface area contributed by atoms with Gasteiger partial charge in [0.1, 0.15) is 17.2 Å². The molecule has 0 aromatic heterocycles.